The summed E-state index contributed by atoms with van der Waals surface area (Å²) in [7, 11) is 0. The third-order valence-electron chi connectivity index (χ3n) is 2.73. The lowest BCUT2D eigenvalue weighted by Gasteiger charge is -2.07. The monoisotopic (exact) mass is 298 g/mol. The van der Waals surface area contributed by atoms with Gasteiger partial charge >= 0.3 is 6.18 Å². The minimum Gasteiger partial charge on any atom is -0.436 e. The number of halogens is 4. The highest BCUT2D eigenvalue weighted by molar-refractivity contribution is 6.35. The molecule has 0 N–H and O–H groups in total. The van der Waals surface area contributed by atoms with Gasteiger partial charge in [0.1, 0.15) is 5.52 Å². The summed E-state index contributed by atoms with van der Waals surface area (Å²) in [5.41, 5.74) is -0.120. The van der Waals surface area contributed by atoms with E-state index in [9.17, 15) is 13.2 Å². The molecule has 0 unspecified atom stereocenters. The van der Waals surface area contributed by atoms with Crippen molar-refractivity contribution in [2.75, 3.05) is 0 Å². The van der Waals surface area contributed by atoms with E-state index >= 15 is 0 Å². The van der Waals surface area contributed by atoms with Crippen LogP contribution in [0.2, 0.25) is 5.02 Å². The zero-order chi connectivity index (χ0) is 14.3. The Balaban J connectivity index is 2.20. The first kappa shape index (κ1) is 12.9. The third-order valence-corrected chi connectivity index (χ3v) is 3.11. The molecule has 3 aromatic rings. The fourth-order valence-corrected chi connectivity index (χ4v) is 2.10. The summed E-state index contributed by atoms with van der Waals surface area (Å²) in [5.74, 6) is 0.198. The molecule has 1 aromatic carbocycles. The van der Waals surface area contributed by atoms with E-state index in [1.807, 2.05) is 0 Å². The van der Waals surface area contributed by atoms with Crippen LogP contribution < -0.4 is 0 Å². The van der Waals surface area contributed by atoms with Crippen molar-refractivity contribution in [3.63, 3.8) is 0 Å². The molecule has 3 nitrogen and oxygen atoms in total. The van der Waals surface area contributed by atoms with Crippen molar-refractivity contribution < 1.29 is 17.6 Å². The third kappa shape index (κ3) is 2.12. The lowest BCUT2D eigenvalue weighted by atomic mass is 10.2. The maximum Gasteiger partial charge on any atom is 0.417 e. The van der Waals surface area contributed by atoms with E-state index < -0.39 is 16.8 Å². The van der Waals surface area contributed by atoms with Crippen LogP contribution in [-0.2, 0) is 6.18 Å². The van der Waals surface area contributed by atoms with E-state index in [1.165, 1.54) is 18.5 Å². The number of hydrogen-bond donors (Lipinski definition) is 0. The van der Waals surface area contributed by atoms with Crippen LogP contribution in [0.4, 0.5) is 13.2 Å². The molecule has 7 heteroatoms. The van der Waals surface area contributed by atoms with Gasteiger partial charge in [-0.2, -0.15) is 13.2 Å². The normalized spacial score (nSPS) is 12.0. The number of hydrogen-bond acceptors (Lipinski definition) is 3. The van der Waals surface area contributed by atoms with Crippen LogP contribution in [0, 0.1) is 0 Å². The first-order valence-electron chi connectivity index (χ1n) is 5.53. The van der Waals surface area contributed by atoms with Gasteiger partial charge in [0.05, 0.1) is 10.6 Å². The summed E-state index contributed by atoms with van der Waals surface area (Å²) in [6.07, 6.45) is -1.46. The van der Waals surface area contributed by atoms with Crippen LogP contribution in [0.25, 0.3) is 22.6 Å². The van der Waals surface area contributed by atoms with Crippen LogP contribution in [0.3, 0.4) is 0 Å². The predicted molar refractivity (Wildman–Crippen MR) is 67.3 cm³/mol. The predicted octanol–water partition coefficient (Wildman–Crippen LogP) is 4.56. The molecular weight excluding hydrogens is 293 g/mol. The second kappa shape index (κ2) is 4.49. The van der Waals surface area contributed by atoms with E-state index in [2.05, 4.69) is 9.97 Å². The van der Waals surface area contributed by atoms with Gasteiger partial charge in [0.2, 0.25) is 5.89 Å². The smallest absolute Gasteiger partial charge is 0.417 e. The van der Waals surface area contributed by atoms with Crippen LogP contribution in [0.15, 0.2) is 41.1 Å². The summed E-state index contributed by atoms with van der Waals surface area (Å²) < 4.78 is 43.7. The Labute approximate surface area is 116 Å². The lowest BCUT2D eigenvalue weighted by molar-refractivity contribution is -0.137. The molecule has 3 rings (SSSR count). The standard InChI is InChI=1S/C13H6ClF3N2O/c14-10-8(13(15,16)17)1-2-9-11(10)19-12(20-9)7-3-5-18-6-4-7/h1-6H. The number of aromatic nitrogens is 2. The SMILES string of the molecule is FC(F)(F)c1ccc2oc(-c3ccncc3)nc2c1Cl. The van der Waals surface area contributed by atoms with Gasteiger partial charge in [0.25, 0.3) is 0 Å². The minimum atomic E-state index is -4.53. The molecule has 20 heavy (non-hydrogen) atoms. The summed E-state index contributed by atoms with van der Waals surface area (Å²) in [4.78, 5) is 7.87. The average Bonchev–Trinajstić information content (AvgIpc) is 2.83. The van der Waals surface area contributed by atoms with E-state index in [4.69, 9.17) is 16.0 Å². The number of rotatable bonds is 1. The Morgan fingerprint density at radius 3 is 2.40 bits per heavy atom. The molecular formula is C13H6ClF3N2O. The Kier molecular flexibility index (Phi) is 2.90. The van der Waals surface area contributed by atoms with E-state index in [1.54, 1.807) is 12.1 Å². The molecule has 0 saturated carbocycles. The van der Waals surface area contributed by atoms with Crippen LogP contribution in [0.1, 0.15) is 5.56 Å². The lowest BCUT2D eigenvalue weighted by Crippen LogP contribution is -2.05. The van der Waals surface area contributed by atoms with Gasteiger partial charge in [-0.25, -0.2) is 4.98 Å². The molecule has 0 spiro atoms. The zero-order valence-electron chi connectivity index (χ0n) is 9.78. The molecule has 0 aliphatic carbocycles. The van der Waals surface area contributed by atoms with Gasteiger partial charge in [-0.1, -0.05) is 11.6 Å². The van der Waals surface area contributed by atoms with Gasteiger partial charge in [0.15, 0.2) is 5.58 Å². The highest BCUT2D eigenvalue weighted by atomic mass is 35.5. The summed E-state index contributed by atoms with van der Waals surface area (Å²) >= 11 is 5.77. The molecule has 2 heterocycles. The number of benzene rings is 1. The molecule has 102 valence electrons. The molecule has 0 bridgehead atoms. The van der Waals surface area contributed by atoms with Gasteiger partial charge in [-0.15, -0.1) is 0 Å². The Hall–Kier alpha value is -2.08. The Morgan fingerprint density at radius 2 is 1.75 bits per heavy atom. The molecule has 0 atom stereocenters. The molecule has 0 fully saturated rings. The van der Waals surface area contributed by atoms with Crippen molar-refractivity contribution in [2.45, 2.75) is 6.18 Å². The van der Waals surface area contributed by atoms with Crippen molar-refractivity contribution in [1.29, 1.82) is 0 Å². The van der Waals surface area contributed by atoms with Crippen molar-refractivity contribution in [3.8, 4) is 11.5 Å². The molecule has 0 radical (unpaired) electrons. The number of alkyl halides is 3. The minimum absolute atomic E-state index is 0.00620. The average molecular weight is 299 g/mol. The van der Waals surface area contributed by atoms with Gasteiger partial charge in [0, 0.05) is 18.0 Å². The molecule has 0 aliphatic rings. The topological polar surface area (TPSA) is 38.9 Å². The Morgan fingerprint density at radius 1 is 1.05 bits per heavy atom. The number of fused-ring (bicyclic) bond motifs is 1. The second-order valence-corrected chi connectivity index (χ2v) is 4.40. The molecule has 2 aromatic heterocycles. The Bertz CT molecular complexity index is 768. The fourth-order valence-electron chi connectivity index (χ4n) is 1.80. The first-order chi connectivity index (χ1) is 9.47. The van der Waals surface area contributed by atoms with Gasteiger partial charge in [-0.3, -0.25) is 4.98 Å². The zero-order valence-corrected chi connectivity index (χ0v) is 10.5. The fraction of sp³-hybridized carbons (Fsp3) is 0.0769. The molecule has 0 aliphatic heterocycles. The summed E-state index contributed by atoms with van der Waals surface area (Å²) in [6.45, 7) is 0. The van der Waals surface area contributed by atoms with Crippen molar-refractivity contribution in [2.24, 2.45) is 0 Å². The van der Waals surface area contributed by atoms with Gasteiger partial charge < -0.3 is 4.42 Å². The highest BCUT2D eigenvalue weighted by Gasteiger charge is 2.34. The van der Waals surface area contributed by atoms with Crippen LogP contribution >= 0.6 is 11.6 Å². The largest absolute Gasteiger partial charge is 0.436 e. The number of pyridine rings is 1. The maximum atomic E-state index is 12.8. The highest BCUT2D eigenvalue weighted by Crippen LogP contribution is 2.39. The van der Waals surface area contributed by atoms with Crippen molar-refractivity contribution in [3.05, 3.63) is 47.2 Å². The first-order valence-corrected chi connectivity index (χ1v) is 5.91. The summed E-state index contributed by atoms with van der Waals surface area (Å²) in [6, 6.07) is 5.38. The van der Waals surface area contributed by atoms with Crippen LogP contribution in [0.5, 0.6) is 0 Å². The van der Waals surface area contributed by atoms with Crippen molar-refractivity contribution in [1.82, 2.24) is 9.97 Å². The van der Waals surface area contributed by atoms with E-state index in [-0.39, 0.29) is 17.0 Å². The van der Waals surface area contributed by atoms with Crippen molar-refractivity contribution >= 4 is 22.7 Å². The van der Waals surface area contributed by atoms with Gasteiger partial charge in [-0.05, 0) is 24.3 Å². The number of oxazole rings is 1. The quantitative estimate of drug-likeness (QED) is 0.661. The summed E-state index contributed by atoms with van der Waals surface area (Å²) in [5, 5.41) is -0.459. The second-order valence-electron chi connectivity index (χ2n) is 4.03. The molecule has 0 saturated heterocycles. The number of nitrogens with zero attached hydrogens (tertiary/aromatic N) is 2. The van der Waals surface area contributed by atoms with E-state index in [0.29, 0.717) is 5.56 Å². The van der Waals surface area contributed by atoms with Crippen LogP contribution in [-0.4, -0.2) is 9.97 Å². The maximum absolute atomic E-state index is 12.8. The molecule has 0 amide bonds. The van der Waals surface area contributed by atoms with E-state index in [0.717, 1.165) is 6.07 Å².